The molecule has 0 aliphatic heterocycles. The van der Waals surface area contributed by atoms with Crippen LogP contribution in [0.3, 0.4) is 0 Å². The summed E-state index contributed by atoms with van der Waals surface area (Å²) >= 11 is 0. The van der Waals surface area contributed by atoms with Crippen LogP contribution in [0.2, 0.25) is 0 Å². The monoisotopic (exact) mass is 229 g/mol. The lowest BCUT2D eigenvalue weighted by Crippen LogP contribution is -2.04. The van der Waals surface area contributed by atoms with E-state index in [4.69, 9.17) is 4.74 Å². The highest BCUT2D eigenvalue weighted by Crippen LogP contribution is 1.93. The van der Waals surface area contributed by atoms with Crippen LogP contribution in [0, 0.1) is 0 Å². The van der Waals surface area contributed by atoms with Crippen LogP contribution in [0.25, 0.3) is 0 Å². The fourth-order valence-corrected chi connectivity index (χ4v) is 0.618. The van der Waals surface area contributed by atoms with Gasteiger partial charge in [0.1, 0.15) is 0 Å². The van der Waals surface area contributed by atoms with E-state index in [1.807, 2.05) is 33.9 Å². The Bertz CT molecular complexity index is 168. The number of hydrogen-bond donors (Lipinski definition) is 0. The smallest absolute Gasteiger partial charge is 0.0844 e. The van der Waals surface area contributed by atoms with Gasteiger partial charge in [-0.25, -0.2) is 0 Å². The van der Waals surface area contributed by atoms with Crippen LogP contribution in [0.4, 0.5) is 0 Å². The molecule has 0 aromatic heterocycles. The van der Waals surface area contributed by atoms with Gasteiger partial charge in [-0.3, -0.25) is 4.99 Å². The number of nitrogens with zero attached hydrogens (tertiary/aromatic N) is 1. The number of aliphatic imine (C=N–C) groups is 1. The molecule has 2 nitrogen and oxygen atoms in total. The van der Waals surface area contributed by atoms with Gasteiger partial charge < -0.3 is 4.74 Å². The Morgan fingerprint density at radius 3 is 1.81 bits per heavy atom. The number of hydrogen-bond acceptors (Lipinski definition) is 2. The molecule has 0 radical (unpaired) electrons. The van der Waals surface area contributed by atoms with Crippen molar-refractivity contribution in [2.75, 3.05) is 13.7 Å². The van der Waals surface area contributed by atoms with E-state index in [0.717, 1.165) is 12.1 Å². The summed E-state index contributed by atoms with van der Waals surface area (Å²) in [7, 11) is 1.69. The highest BCUT2D eigenvalue weighted by atomic mass is 16.5. The van der Waals surface area contributed by atoms with Gasteiger partial charge in [0.15, 0.2) is 0 Å². The van der Waals surface area contributed by atoms with Crippen LogP contribution in [0.5, 0.6) is 0 Å². The van der Waals surface area contributed by atoms with Crippen LogP contribution in [0.1, 0.15) is 61.3 Å². The fraction of sp³-hybridized carbons (Fsp3) is 0.786. The van der Waals surface area contributed by atoms with Gasteiger partial charge in [-0.2, -0.15) is 0 Å². The minimum atomic E-state index is 0.639. The van der Waals surface area contributed by atoms with Crippen LogP contribution >= 0.6 is 0 Å². The zero-order valence-electron chi connectivity index (χ0n) is 12.6. The van der Waals surface area contributed by atoms with Crippen LogP contribution in [0.15, 0.2) is 16.8 Å². The van der Waals surface area contributed by atoms with E-state index in [2.05, 4.69) is 25.8 Å². The average molecular weight is 229 g/mol. The Morgan fingerprint density at radius 2 is 1.56 bits per heavy atom. The van der Waals surface area contributed by atoms with Crippen LogP contribution < -0.4 is 0 Å². The molecule has 98 valence electrons. The first-order valence-corrected chi connectivity index (χ1v) is 6.30. The molecule has 0 heterocycles. The summed E-state index contributed by atoms with van der Waals surface area (Å²) in [5.74, 6) is 0. The molecule has 0 aromatic rings. The summed E-state index contributed by atoms with van der Waals surface area (Å²) in [6.45, 7) is 15.0. The number of ether oxygens (including phenoxy) is 1. The standard InChI is InChI=1S/C9H17NO.C3H8.C2H6/c1-5-9(7-11-4)10-6-8(2)3;1-3-2;1-2/h6H,5,7H2,1-4H3;3H2,1-2H3;1-2H3. The van der Waals surface area contributed by atoms with Gasteiger partial charge in [0.25, 0.3) is 0 Å². The van der Waals surface area contributed by atoms with Gasteiger partial charge in [-0.15, -0.1) is 0 Å². The summed E-state index contributed by atoms with van der Waals surface area (Å²) in [5.41, 5.74) is 2.31. The Balaban J connectivity index is -0.000000289. The maximum atomic E-state index is 4.97. The SMILES string of the molecule is CC.CCC.CCC(COC)=NC=C(C)C. The zero-order valence-corrected chi connectivity index (χ0v) is 12.6. The van der Waals surface area contributed by atoms with E-state index in [9.17, 15) is 0 Å². The summed E-state index contributed by atoms with van der Waals surface area (Å²) in [6.07, 6.45) is 4.08. The fourth-order valence-electron chi connectivity index (χ4n) is 0.618. The van der Waals surface area contributed by atoms with Gasteiger partial charge in [-0.05, 0) is 20.3 Å². The summed E-state index contributed by atoms with van der Waals surface area (Å²) in [4.78, 5) is 4.26. The molecular weight excluding hydrogens is 198 g/mol. The molecule has 0 saturated carbocycles. The summed E-state index contributed by atoms with van der Waals surface area (Å²) < 4.78 is 4.97. The first-order valence-electron chi connectivity index (χ1n) is 6.30. The Morgan fingerprint density at radius 1 is 1.12 bits per heavy atom. The number of methoxy groups -OCH3 is 1. The lowest BCUT2D eigenvalue weighted by Gasteiger charge is -1.98. The number of allylic oxidation sites excluding steroid dienone is 1. The van der Waals surface area contributed by atoms with E-state index >= 15 is 0 Å². The van der Waals surface area contributed by atoms with E-state index in [1.165, 1.54) is 12.0 Å². The Hall–Kier alpha value is -0.630. The van der Waals surface area contributed by atoms with E-state index in [0.29, 0.717) is 6.61 Å². The third-order valence-electron chi connectivity index (χ3n) is 1.22. The van der Waals surface area contributed by atoms with Crippen molar-refractivity contribution >= 4 is 5.71 Å². The van der Waals surface area contributed by atoms with E-state index in [-0.39, 0.29) is 0 Å². The lowest BCUT2D eigenvalue weighted by molar-refractivity contribution is 0.244. The van der Waals surface area contributed by atoms with Gasteiger partial charge >= 0.3 is 0 Å². The molecule has 0 saturated heterocycles. The van der Waals surface area contributed by atoms with Gasteiger partial charge in [0, 0.05) is 19.0 Å². The molecule has 0 bridgehead atoms. The van der Waals surface area contributed by atoms with Crippen molar-refractivity contribution in [1.82, 2.24) is 0 Å². The van der Waals surface area contributed by atoms with Crippen molar-refractivity contribution in [2.24, 2.45) is 4.99 Å². The molecule has 0 aliphatic rings. The minimum Gasteiger partial charge on any atom is -0.379 e. The lowest BCUT2D eigenvalue weighted by atomic mass is 10.3. The first-order chi connectivity index (χ1) is 7.62. The van der Waals surface area contributed by atoms with Crippen molar-refractivity contribution in [3.8, 4) is 0 Å². The second-order valence-corrected chi connectivity index (χ2v) is 3.40. The molecule has 0 fully saturated rings. The second kappa shape index (κ2) is 19.9. The van der Waals surface area contributed by atoms with Crippen molar-refractivity contribution < 1.29 is 4.74 Å². The summed E-state index contributed by atoms with van der Waals surface area (Å²) in [6, 6.07) is 0. The van der Waals surface area contributed by atoms with Gasteiger partial charge in [-0.1, -0.05) is 46.6 Å². The van der Waals surface area contributed by atoms with Gasteiger partial charge in [0.05, 0.1) is 6.61 Å². The third kappa shape index (κ3) is 23.3. The number of rotatable bonds is 4. The minimum absolute atomic E-state index is 0.639. The maximum absolute atomic E-state index is 4.97. The predicted octanol–water partition coefficient (Wildman–Crippen LogP) is 4.85. The van der Waals surface area contributed by atoms with Crippen molar-refractivity contribution in [3.63, 3.8) is 0 Å². The zero-order chi connectivity index (χ0) is 13.4. The largest absolute Gasteiger partial charge is 0.379 e. The van der Waals surface area contributed by atoms with Crippen molar-refractivity contribution in [3.05, 3.63) is 11.8 Å². The summed E-state index contributed by atoms with van der Waals surface area (Å²) in [5, 5.41) is 0. The average Bonchev–Trinajstić information content (AvgIpc) is 2.28. The third-order valence-corrected chi connectivity index (χ3v) is 1.22. The topological polar surface area (TPSA) is 21.6 Å². The Kier molecular flexibility index (Phi) is 25.8. The molecule has 0 spiro atoms. The normalized spacial score (nSPS) is 9.38. The van der Waals surface area contributed by atoms with Crippen LogP contribution in [-0.4, -0.2) is 19.4 Å². The molecule has 0 atom stereocenters. The predicted molar refractivity (Wildman–Crippen MR) is 76.3 cm³/mol. The highest BCUT2D eigenvalue weighted by Gasteiger charge is 1.91. The molecule has 0 unspecified atom stereocenters. The molecule has 0 rings (SSSR count). The van der Waals surface area contributed by atoms with Gasteiger partial charge in [0.2, 0.25) is 0 Å². The maximum Gasteiger partial charge on any atom is 0.0844 e. The van der Waals surface area contributed by atoms with E-state index in [1.54, 1.807) is 7.11 Å². The first kappa shape index (κ1) is 20.7. The quantitative estimate of drug-likeness (QED) is 0.631. The molecule has 0 amide bonds. The molecular formula is C14H31NO. The second-order valence-electron chi connectivity index (χ2n) is 3.40. The highest BCUT2D eigenvalue weighted by molar-refractivity contribution is 5.85. The van der Waals surface area contributed by atoms with E-state index < -0.39 is 0 Å². The van der Waals surface area contributed by atoms with Crippen molar-refractivity contribution in [1.29, 1.82) is 0 Å². The molecule has 2 heteroatoms. The Labute approximate surface area is 103 Å². The van der Waals surface area contributed by atoms with Crippen LogP contribution in [-0.2, 0) is 4.74 Å². The van der Waals surface area contributed by atoms with Crippen molar-refractivity contribution in [2.45, 2.75) is 61.3 Å². The molecule has 0 N–H and O–H groups in total. The molecule has 16 heavy (non-hydrogen) atoms. The molecule has 0 aromatic carbocycles. The molecule has 0 aliphatic carbocycles.